The van der Waals surface area contributed by atoms with Crippen molar-refractivity contribution in [1.29, 1.82) is 0 Å². The molecule has 0 spiro atoms. The molecule has 0 aliphatic heterocycles. The number of hydrogen-bond acceptors (Lipinski definition) is 4. The third-order valence-corrected chi connectivity index (χ3v) is 5.51. The van der Waals surface area contributed by atoms with Crippen molar-refractivity contribution < 1.29 is 18.0 Å². The second-order valence-corrected chi connectivity index (χ2v) is 8.56. The van der Waals surface area contributed by atoms with Crippen LogP contribution in [0, 0.1) is 0 Å². The number of hydrogen-bond donors (Lipinski definition) is 1. The fourth-order valence-electron chi connectivity index (χ4n) is 3.45. The molecule has 0 unspecified atom stereocenters. The number of fused-ring (bicyclic) bond motifs is 1. The number of halogens is 4. The Bertz CT molecular complexity index is 1320. The lowest BCUT2D eigenvalue weighted by atomic mass is 10.2. The van der Waals surface area contributed by atoms with Gasteiger partial charge in [0.15, 0.2) is 11.3 Å². The van der Waals surface area contributed by atoms with Gasteiger partial charge in [-0.1, -0.05) is 12.1 Å². The first-order valence-corrected chi connectivity index (χ1v) is 10.6. The molecule has 164 valence electrons. The van der Waals surface area contributed by atoms with Gasteiger partial charge in [-0.05, 0) is 52.5 Å². The zero-order valence-electron chi connectivity index (χ0n) is 16.5. The predicted molar refractivity (Wildman–Crippen MR) is 113 cm³/mol. The van der Waals surface area contributed by atoms with Crippen LogP contribution in [0.25, 0.3) is 5.65 Å². The molecule has 3 heterocycles. The summed E-state index contributed by atoms with van der Waals surface area (Å²) >= 11 is 3.34. The summed E-state index contributed by atoms with van der Waals surface area (Å²) in [5.74, 6) is -0.581. The minimum Gasteiger partial charge on any atom is -0.321 e. The van der Waals surface area contributed by atoms with Gasteiger partial charge in [0, 0.05) is 29.6 Å². The topological polar surface area (TPSA) is 77.1 Å². The lowest BCUT2D eigenvalue weighted by molar-refractivity contribution is -0.142. The third-order valence-electron chi connectivity index (χ3n) is 5.10. The normalized spacial score (nSPS) is 14.1. The maximum Gasteiger partial charge on any atom is 0.433 e. The van der Waals surface area contributed by atoms with Crippen LogP contribution in [0.1, 0.15) is 46.2 Å². The number of carbonyl (C=O) groups excluding carboxylic acids is 1. The van der Waals surface area contributed by atoms with Crippen molar-refractivity contribution in [2.45, 2.75) is 31.5 Å². The summed E-state index contributed by atoms with van der Waals surface area (Å²) in [7, 11) is 0. The second kappa shape index (κ2) is 7.73. The van der Waals surface area contributed by atoms with E-state index in [1.165, 1.54) is 6.07 Å². The number of rotatable bonds is 5. The van der Waals surface area contributed by atoms with E-state index in [-0.39, 0.29) is 17.3 Å². The quantitative estimate of drug-likeness (QED) is 0.420. The molecule has 11 heteroatoms. The number of nitrogens with zero attached hydrogens (tertiary/aromatic N) is 5. The van der Waals surface area contributed by atoms with Crippen LogP contribution in [-0.4, -0.2) is 30.3 Å². The highest BCUT2D eigenvalue weighted by molar-refractivity contribution is 9.10. The van der Waals surface area contributed by atoms with Crippen LogP contribution in [0.4, 0.5) is 18.9 Å². The van der Waals surface area contributed by atoms with Crippen LogP contribution in [0.15, 0.2) is 53.3 Å². The van der Waals surface area contributed by atoms with E-state index in [4.69, 9.17) is 0 Å². The molecule has 0 atom stereocenters. The Hall–Kier alpha value is -3.21. The van der Waals surface area contributed by atoms with E-state index in [9.17, 15) is 18.0 Å². The molecule has 0 saturated heterocycles. The van der Waals surface area contributed by atoms with E-state index in [0.717, 1.165) is 28.9 Å². The van der Waals surface area contributed by atoms with Crippen molar-refractivity contribution in [2.24, 2.45) is 0 Å². The van der Waals surface area contributed by atoms with Crippen molar-refractivity contribution in [3.8, 4) is 0 Å². The number of nitrogens with one attached hydrogen (secondary N) is 1. The van der Waals surface area contributed by atoms with Gasteiger partial charge in [0.05, 0.1) is 17.2 Å². The Morgan fingerprint density at radius 2 is 2.03 bits per heavy atom. The first kappa shape index (κ1) is 20.7. The van der Waals surface area contributed by atoms with Gasteiger partial charge in [0.1, 0.15) is 5.69 Å². The molecular formula is C21H16BrF3N6O. The molecule has 1 fully saturated rings. The molecule has 7 nitrogen and oxygen atoms in total. The maximum atomic E-state index is 13.6. The first-order chi connectivity index (χ1) is 15.3. The van der Waals surface area contributed by atoms with E-state index in [1.807, 2.05) is 12.3 Å². The minimum atomic E-state index is -4.61. The van der Waals surface area contributed by atoms with E-state index in [1.54, 1.807) is 29.1 Å². The van der Waals surface area contributed by atoms with Crippen LogP contribution in [0.2, 0.25) is 0 Å². The van der Waals surface area contributed by atoms with Crippen LogP contribution < -0.4 is 5.32 Å². The van der Waals surface area contributed by atoms with E-state index < -0.39 is 17.8 Å². The Labute approximate surface area is 188 Å². The van der Waals surface area contributed by atoms with Crippen molar-refractivity contribution in [3.05, 3.63) is 75.9 Å². The van der Waals surface area contributed by atoms with E-state index in [0.29, 0.717) is 22.4 Å². The average Bonchev–Trinajstić information content (AvgIpc) is 3.36. The molecule has 1 aliphatic carbocycles. The maximum absolute atomic E-state index is 13.6. The summed E-state index contributed by atoms with van der Waals surface area (Å²) in [5, 5.41) is 10.8. The van der Waals surface area contributed by atoms with E-state index in [2.05, 4.69) is 36.4 Å². The largest absolute Gasteiger partial charge is 0.433 e. The van der Waals surface area contributed by atoms with E-state index >= 15 is 0 Å². The molecule has 3 aromatic heterocycles. The standard InChI is InChI=1S/C21H16BrF3N6O/c22-14-9-26-30(11-14)10-12-2-1-3-15(6-12)27-20(32)17-8-19-28-16(13-4-5-13)7-18(21(23,24)25)31(19)29-17/h1-3,6-9,11,13H,4-5,10H2,(H,27,32). The van der Waals surface area contributed by atoms with Gasteiger partial charge in [-0.25, -0.2) is 9.50 Å². The molecular weight excluding hydrogens is 489 g/mol. The molecule has 5 rings (SSSR count). The number of carbonyl (C=O) groups is 1. The smallest absolute Gasteiger partial charge is 0.321 e. The summed E-state index contributed by atoms with van der Waals surface area (Å²) in [6.45, 7) is 0.493. The highest BCUT2D eigenvalue weighted by Gasteiger charge is 2.37. The molecule has 1 saturated carbocycles. The summed E-state index contributed by atoms with van der Waals surface area (Å²) in [4.78, 5) is 17.0. The Kier molecular flexibility index (Phi) is 5.00. The SMILES string of the molecule is O=C(Nc1cccc(Cn2cc(Br)cn2)c1)c1cc2nc(C3CC3)cc(C(F)(F)F)n2n1. The van der Waals surface area contributed by atoms with Crippen molar-refractivity contribution in [3.63, 3.8) is 0 Å². The number of amides is 1. The molecule has 1 aliphatic rings. The number of alkyl halides is 3. The first-order valence-electron chi connectivity index (χ1n) is 9.82. The number of benzene rings is 1. The molecule has 32 heavy (non-hydrogen) atoms. The summed E-state index contributed by atoms with van der Waals surface area (Å²) in [5.41, 5.74) is 0.703. The monoisotopic (exact) mass is 504 g/mol. The van der Waals surface area contributed by atoms with Crippen LogP contribution >= 0.6 is 15.9 Å². The zero-order valence-corrected chi connectivity index (χ0v) is 18.1. The molecule has 1 aromatic carbocycles. The highest BCUT2D eigenvalue weighted by Crippen LogP contribution is 2.41. The molecule has 0 bridgehead atoms. The molecule has 4 aromatic rings. The summed E-state index contributed by atoms with van der Waals surface area (Å²) in [6, 6.07) is 9.43. The van der Waals surface area contributed by atoms with Gasteiger partial charge in [-0.15, -0.1) is 0 Å². The number of anilines is 1. The molecule has 1 amide bonds. The van der Waals surface area contributed by atoms with Crippen LogP contribution in [0.5, 0.6) is 0 Å². The fraction of sp³-hybridized carbons (Fsp3) is 0.238. The van der Waals surface area contributed by atoms with Gasteiger partial charge in [-0.2, -0.15) is 23.4 Å². The predicted octanol–water partition coefficient (Wildman–Crippen LogP) is 4.89. The fourth-order valence-corrected chi connectivity index (χ4v) is 3.78. The van der Waals surface area contributed by atoms with Gasteiger partial charge in [0.25, 0.3) is 5.91 Å². The van der Waals surface area contributed by atoms with Crippen LogP contribution in [-0.2, 0) is 12.7 Å². The van der Waals surface area contributed by atoms with Crippen LogP contribution in [0.3, 0.4) is 0 Å². The van der Waals surface area contributed by atoms with Gasteiger partial charge in [-0.3, -0.25) is 9.48 Å². The third kappa shape index (κ3) is 4.24. The van der Waals surface area contributed by atoms with Crippen molar-refractivity contribution in [2.75, 3.05) is 5.32 Å². The lowest BCUT2D eigenvalue weighted by Crippen LogP contribution is -2.16. The summed E-state index contributed by atoms with van der Waals surface area (Å²) < 4.78 is 44.0. The summed E-state index contributed by atoms with van der Waals surface area (Å²) in [6.07, 6.45) is 0.512. The second-order valence-electron chi connectivity index (χ2n) is 7.65. The molecule has 0 radical (unpaired) electrons. The van der Waals surface area contributed by atoms with Crippen molar-refractivity contribution in [1.82, 2.24) is 24.4 Å². The zero-order chi connectivity index (χ0) is 22.5. The van der Waals surface area contributed by atoms with Gasteiger partial charge >= 0.3 is 6.18 Å². The minimum absolute atomic E-state index is 0.00452. The molecule has 1 N–H and O–H groups in total. The van der Waals surface area contributed by atoms with Gasteiger partial charge < -0.3 is 5.32 Å². The van der Waals surface area contributed by atoms with Gasteiger partial charge in [0.2, 0.25) is 0 Å². The number of aromatic nitrogens is 5. The Morgan fingerprint density at radius 1 is 1.22 bits per heavy atom. The van der Waals surface area contributed by atoms with Crippen molar-refractivity contribution >= 4 is 33.2 Å². The average molecular weight is 505 g/mol. The highest BCUT2D eigenvalue weighted by atomic mass is 79.9. The Morgan fingerprint density at radius 3 is 2.72 bits per heavy atom. The lowest BCUT2D eigenvalue weighted by Gasteiger charge is -2.10. The Balaban J connectivity index is 1.41.